The first-order valence-electron chi connectivity index (χ1n) is 17.5. The molecule has 0 saturated carbocycles. The van der Waals surface area contributed by atoms with Crippen LogP contribution in [-0.4, -0.2) is 24.5 Å². The maximum absolute atomic E-state index is 6.18. The van der Waals surface area contributed by atoms with Gasteiger partial charge in [0, 0.05) is 38.2 Å². The largest absolute Gasteiger partial charge is 0.456 e. The summed E-state index contributed by atoms with van der Waals surface area (Å²) in [5.41, 5.74) is 9.84. The van der Waals surface area contributed by atoms with Gasteiger partial charge in [0.15, 0.2) is 22.6 Å². The number of rotatable bonds is 5. The van der Waals surface area contributed by atoms with Gasteiger partial charge < -0.3 is 4.42 Å². The maximum atomic E-state index is 6.18. The van der Waals surface area contributed by atoms with E-state index in [2.05, 4.69) is 114 Å². The Morgan fingerprint density at radius 1 is 0.434 bits per heavy atom. The molecule has 4 aromatic heterocycles. The van der Waals surface area contributed by atoms with Crippen LogP contribution in [0.4, 0.5) is 0 Å². The van der Waals surface area contributed by atoms with E-state index in [4.69, 9.17) is 24.4 Å². The fourth-order valence-corrected chi connectivity index (χ4v) is 8.42. The van der Waals surface area contributed by atoms with Crippen molar-refractivity contribution in [1.82, 2.24) is 24.5 Å². The number of aromatic nitrogens is 5. The van der Waals surface area contributed by atoms with E-state index < -0.39 is 0 Å². The topological polar surface area (TPSA) is 69.6 Å². The summed E-state index contributed by atoms with van der Waals surface area (Å²) in [6, 6.07) is 56.2. The highest BCUT2D eigenvalue weighted by molar-refractivity contribution is 7.20. The van der Waals surface area contributed by atoms with Crippen molar-refractivity contribution in [2.45, 2.75) is 0 Å². The fourth-order valence-electron chi connectivity index (χ4n) is 7.43. The Labute approximate surface area is 307 Å². The van der Waals surface area contributed by atoms with Crippen molar-refractivity contribution >= 4 is 65.3 Å². The van der Waals surface area contributed by atoms with Crippen molar-refractivity contribution in [3.05, 3.63) is 164 Å². The standard InChI is InChI=1S/C46H27N5OS/c1-2-11-29(12-3-1)43-48-44(30-23-21-28(22-24-30)31-25-26-33-32-13-5-8-19-39(32)52-40(33)27-31)50-45(49-43)35-15-10-18-38-42(35)34-14-4-7-17-37(34)51(38)46-47-36-16-6-9-20-41(36)53-46/h1-27H. The van der Waals surface area contributed by atoms with Crippen LogP contribution in [0.2, 0.25) is 0 Å². The summed E-state index contributed by atoms with van der Waals surface area (Å²) in [7, 11) is 0. The Hall–Kier alpha value is -6.96. The monoisotopic (exact) mass is 697 g/mol. The molecule has 248 valence electrons. The number of thiazole rings is 1. The predicted octanol–water partition coefficient (Wildman–Crippen LogP) is 12.1. The molecule has 0 radical (unpaired) electrons. The highest BCUT2D eigenvalue weighted by Gasteiger charge is 2.21. The molecule has 0 saturated heterocycles. The average molecular weight is 698 g/mol. The summed E-state index contributed by atoms with van der Waals surface area (Å²) >= 11 is 1.69. The number of hydrogen-bond donors (Lipinski definition) is 0. The molecule has 0 aliphatic heterocycles. The third kappa shape index (κ3) is 4.86. The second-order valence-corrected chi connectivity index (χ2v) is 14.1. The molecular weight excluding hydrogens is 671 g/mol. The lowest BCUT2D eigenvalue weighted by atomic mass is 10.0. The van der Waals surface area contributed by atoms with E-state index in [0.29, 0.717) is 17.5 Å². The van der Waals surface area contributed by atoms with Crippen LogP contribution in [0.1, 0.15) is 0 Å². The number of benzene rings is 7. The SMILES string of the molecule is c1ccc(-c2nc(-c3ccc(-c4ccc5c(c4)oc4ccccc45)cc3)nc(-c3cccc4c3c3ccccc3n4-c3nc4ccccc4s3)n2)cc1. The van der Waals surface area contributed by atoms with Gasteiger partial charge in [-0.25, -0.2) is 19.9 Å². The third-order valence-electron chi connectivity index (χ3n) is 9.94. The first kappa shape index (κ1) is 29.7. The first-order valence-corrected chi connectivity index (χ1v) is 18.3. The Morgan fingerprint density at radius 3 is 1.92 bits per heavy atom. The van der Waals surface area contributed by atoms with Crippen molar-refractivity contribution in [2.75, 3.05) is 0 Å². The summed E-state index contributed by atoms with van der Waals surface area (Å²) in [5.74, 6) is 1.85. The molecule has 6 nitrogen and oxygen atoms in total. The second-order valence-electron chi connectivity index (χ2n) is 13.1. The van der Waals surface area contributed by atoms with E-state index in [9.17, 15) is 0 Å². The molecule has 0 atom stereocenters. The molecule has 7 heteroatoms. The zero-order valence-corrected chi connectivity index (χ0v) is 29.0. The summed E-state index contributed by atoms with van der Waals surface area (Å²) < 4.78 is 9.60. The van der Waals surface area contributed by atoms with Crippen LogP contribution in [0, 0.1) is 0 Å². The van der Waals surface area contributed by atoms with Crippen molar-refractivity contribution in [3.8, 4) is 50.4 Å². The van der Waals surface area contributed by atoms with Gasteiger partial charge in [-0.1, -0.05) is 133 Å². The quantitative estimate of drug-likeness (QED) is 0.179. The lowest BCUT2D eigenvalue weighted by Gasteiger charge is -2.10. The van der Waals surface area contributed by atoms with E-state index >= 15 is 0 Å². The van der Waals surface area contributed by atoms with Gasteiger partial charge in [-0.05, 0) is 53.6 Å². The number of hydrogen-bond acceptors (Lipinski definition) is 6. The molecule has 11 rings (SSSR count). The van der Waals surface area contributed by atoms with Crippen LogP contribution in [0.5, 0.6) is 0 Å². The third-order valence-corrected chi connectivity index (χ3v) is 11.0. The zero-order valence-electron chi connectivity index (χ0n) is 28.1. The molecule has 7 aromatic carbocycles. The van der Waals surface area contributed by atoms with Gasteiger partial charge in [-0.3, -0.25) is 4.57 Å². The minimum absolute atomic E-state index is 0.611. The highest BCUT2D eigenvalue weighted by atomic mass is 32.1. The van der Waals surface area contributed by atoms with Crippen LogP contribution < -0.4 is 0 Å². The number of para-hydroxylation sites is 3. The Morgan fingerprint density at radius 2 is 1.08 bits per heavy atom. The smallest absolute Gasteiger partial charge is 0.195 e. The van der Waals surface area contributed by atoms with Gasteiger partial charge >= 0.3 is 0 Å². The Kier molecular flexibility index (Phi) is 6.62. The van der Waals surface area contributed by atoms with Gasteiger partial charge in [0.05, 0.1) is 21.3 Å². The number of fused-ring (bicyclic) bond motifs is 7. The zero-order chi connectivity index (χ0) is 34.9. The lowest BCUT2D eigenvalue weighted by Crippen LogP contribution is -2.00. The maximum Gasteiger partial charge on any atom is 0.195 e. The van der Waals surface area contributed by atoms with Crippen molar-refractivity contribution < 1.29 is 4.42 Å². The summed E-state index contributed by atoms with van der Waals surface area (Å²) in [5, 5.41) is 5.36. The van der Waals surface area contributed by atoms with E-state index in [-0.39, 0.29) is 0 Å². The average Bonchev–Trinajstić information content (AvgIpc) is 3.92. The summed E-state index contributed by atoms with van der Waals surface area (Å²) in [4.78, 5) is 20.4. The summed E-state index contributed by atoms with van der Waals surface area (Å²) in [6.45, 7) is 0. The molecule has 4 heterocycles. The van der Waals surface area contributed by atoms with Crippen LogP contribution in [0.15, 0.2) is 168 Å². The molecule has 0 amide bonds. The molecule has 0 bridgehead atoms. The van der Waals surface area contributed by atoms with Gasteiger partial charge in [0.1, 0.15) is 11.2 Å². The lowest BCUT2D eigenvalue weighted by molar-refractivity contribution is 0.669. The molecule has 0 N–H and O–H groups in total. The van der Waals surface area contributed by atoms with Crippen molar-refractivity contribution in [1.29, 1.82) is 0 Å². The summed E-state index contributed by atoms with van der Waals surface area (Å²) in [6.07, 6.45) is 0. The molecule has 0 unspecified atom stereocenters. The van der Waals surface area contributed by atoms with Crippen molar-refractivity contribution in [3.63, 3.8) is 0 Å². The molecule has 53 heavy (non-hydrogen) atoms. The van der Waals surface area contributed by atoms with Gasteiger partial charge in [-0.15, -0.1) is 0 Å². The number of nitrogens with zero attached hydrogens (tertiary/aromatic N) is 5. The van der Waals surface area contributed by atoms with Gasteiger partial charge in [0.2, 0.25) is 0 Å². The predicted molar refractivity (Wildman–Crippen MR) is 216 cm³/mol. The van der Waals surface area contributed by atoms with Crippen molar-refractivity contribution in [2.24, 2.45) is 0 Å². The van der Waals surface area contributed by atoms with Crippen LogP contribution >= 0.6 is 11.3 Å². The van der Waals surface area contributed by atoms with E-state index in [1.165, 1.54) is 0 Å². The minimum Gasteiger partial charge on any atom is -0.456 e. The van der Waals surface area contributed by atoms with Gasteiger partial charge in [0.25, 0.3) is 0 Å². The van der Waals surface area contributed by atoms with Gasteiger partial charge in [-0.2, -0.15) is 0 Å². The van der Waals surface area contributed by atoms with Crippen LogP contribution in [0.3, 0.4) is 0 Å². The molecule has 0 spiro atoms. The number of furan rings is 1. The Balaban J connectivity index is 1.07. The van der Waals surface area contributed by atoms with Crippen LogP contribution in [0.25, 0.3) is 104 Å². The van der Waals surface area contributed by atoms with E-state index in [0.717, 1.165) is 86.9 Å². The molecule has 11 aromatic rings. The first-order chi connectivity index (χ1) is 26.2. The van der Waals surface area contributed by atoms with E-state index in [1.807, 2.05) is 54.6 Å². The molecule has 0 fully saturated rings. The minimum atomic E-state index is 0.611. The normalized spacial score (nSPS) is 11.8. The van der Waals surface area contributed by atoms with Crippen LogP contribution in [-0.2, 0) is 0 Å². The second kappa shape index (κ2) is 11.8. The molecular formula is C46H27N5OS. The Bertz CT molecular complexity index is 3140. The molecule has 0 aliphatic carbocycles. The van der Waals surface area contributed by atoms with E-state index in [1.54, 1.807) is 11.3 Å². The molecule has 0 aliphatic rings. The fraction of sp³-hybridized carbons (Fsp3) is 0. The highest BCUT2D eigenvalue weighted by Crippen LogP contribution is 2.40.